The summed E-state index contributed by atoms with van der Waals surface area (Å²) in [5, 5.41) is 11.4. The van der Waals surface area contributed by atoms with Crippen LogP contribution in [0.2, 0.25) is 10.0 Å². The second-order valence-electron chi connectivity index (χ2n) is 3.87. The average molecular weight is 292 g/mol. The Hall–Kier alpha value is -1.77. The standard InChI is InChI=1S/C15H10Cl2O2/c16-13-7-5-11(9-14(13)17)12-4-2-1-3-10(12)6-8-15(18)19/h1-9H,(H,18,19)/p-1/b8-6+. The Bertz CT molecular complexity index is 648. The Balaban J connectivity index is 2.49. The molecule has 0 saturated heterocycles. The van der Waals surface area contributed by atoms with E-state index in [0.29, 0.717) is 10.0 Å². The van der Waals surface area contributed by atoms with E-state index in [4.69, 9.17) is 23.2 Å². The first kappa shape index (κ1) is 13.7. The van der Waals surface area contributed by atoms with E-state index in [2.05, 4.69) is 0 Å². The van der Waals surface area contributed by atoms with E-state index >= 15 is 0 Å². The van der Waals surface area contributed by atoms with Gasteiger partial charge in [-0.05, 0) is 34.9 Å². The van der Waals surface area contributed by atoms with Crippen molar-refractivity contribution >= 4 is 35.2 Å². The van der Waals surface area contributed by atoms with Gasteiger partial charge in [0, 0.05) is 0 Å². The van der Waals surface area contributed by atoms with E-state index in [-0.39, 0.29) is 0 Å². The Labute approximate surface area is 120 Å². The van der Waals surface area contributed by atoms with Crippen LogP contribution in [0.3, 0.4) is 0 Å². The third-order valence-electron chi connectivity index (χ3n) is 2.59. The number of halogens is 2. The molecular weight excluding hydrogens is 283 g/mol. The first-order valence-corrected chi connectivity index (χ1v) is 6.27. The fourth-order valence-corrected chi connectivity index (χ4v) is 2.02. The van der Waals surface area contributed by atoms with Crippen molar-refractivity contribution < 1.29 is 9.90 Å². The van der Waals surface area contributed by atoms with Crippen LogP contribution in [0.4, 0.5) is 0 Å². The van der Waals surface area contributed by atoms with Crippen LogP contribution in [-0.2, 0) is 4.79 Å². The fraction of sp³-hybridized carbons (Fsp3) is 0. The molecular formula is C15H9Cl2O2-. The van der Waals surface area contributed by atoms with Gasteiger partial charge < -0.3 is 9.90 Å². The Morgan fingerprint density at radius 3 is 2.47 bits per heavy atom. The zero-order valence-corrected chi connectivity index (χ0v) is 11.3. The average Bonchev–Trinajstić information content (AvgIpc) is 2.40. The second-order valence-corrected chi connectivity index (χ2v) is 4.68. The number of aliphatic carboxylic acids is 1. The first-order valence-electron chi connectivity index (χ1n) is 5.51. The molecule has 0 aliphatic carbocycles. The van der Waals surface area contributed by atoms with Gasteiger partial charge in [-0.25, -0.2) is 0 Å². The lowest BCUT2D eigenvalue weighted by atomic mass is 9.99. The predicted octanol–water partition coefficient (Wildman–Crippen LogP) is 3.42. The maximum absolute atomic E-state index is 10.5. The van der Waals surface area contributed by atoms with Crippen molar-refractivity contribution in [2.75, 3.05) is 0 Å². The molecule has 2 aromatic carbocycles. The van der Waals surface area contributed by atoms with Crippen molar-refractivity contribution in [3.05, 3.63) is 64.1 Å². The molecule has 19 heavy (non-hydrogen) atoms. The molecule has 0 N–H and O–H groups in total. The molecule has 0 aliphatic heterocycles. The maximum atomic E-state index is 10.5. The summed E-state index contributed by atoms with van der Waals surface area (Å²) in [6, 6.07) is 12.7. The van der Waals surface area contributed by atoms with Crippen molar-refractivity contribution in [2.45, 2.75) is 0 Å². The molecule has 0 bridgehead atoms. The molecule has 4 heteroatoms. The fourth-order valence-electron chi connectivity index (χ4n) is 1.73. The first-order chi connectivity index (χ1) is 9.08. The van der Waals surface area contributed by atoms with Gasteiger partial charge in [0.05, 0.1) is 16.0 Å². The molecule has 0 atom stereocenters. The van der Waals surface area contributed by atoms with Crippen LogP contribution < -0.4 is 5.11 Å². The molecule has 2 nitrogen and oxygen atoms in total. The number of carbonyl (C=O) groups excluding carboxylic acids is 1. The molecule has 2 rings (SSSR count). The van der Waals surface area contributed by atoms with Crippen molar-refractivity contribution in [3.63, 3.8) is 0 Å². The Morgan fingerprint density at radius 2 is 1.79 bits per heavy atom. The molecule has 0 aliphatic rings. The summed E-state index contributed by atoms with van der Waals surface area (Å²) in [6.07, 6.45) is 2.49. The van der Waals surface area contributed by atoms with Crippen LogP contribution >= 0.6 is 23.2 Å². The molecule has 0 heterocycles. The van der Waals surface area contributed by atoms with Crippen molar-refractivity contribution in [2.24, 2.45) is 0 Å². The highest BCUT2D eigenvalue weighted by molar-refractivity contribution is 6.42. The van der Waals surface area contributed by atoms with E-state index in [1.807, 2.05) is 30.3 Å². The molecule has 0 fully saturated rings. The van der Waals surface area contributed by atoms with Crippen LogP contribution in [0, 0.1) is 0 Å². The van der Waals surface area contributed by atoms with E-state index in [0.717, 1.165) is 22.8 Å². The minimum absolute atomic E-state index is 0.456. The lowest BCUT2D eigenvalue weighted by Gasteiger charge is -2.07. The quantitative estimate of drug-likeness (QED) is 0.813. The number of hydrogen-bond donors (Lipinski definition) is 0. The molecule has 96 valence electrons. The van der Waals surface area contributed by atoms with Crippen molar-refractivity contribution in [3.8, 4) is 11.1 Å². The highest BCUT2D eigenvalue weighted by atomic mass is 35.5. The van der Waals surface area contributed by atoms with Gasteiger partial charge in [0.1, 0.15) is 0 Å². The van der Waals surface area contributed by atoms with Gasteiger partial charge in [-0.1, -0.05) is 59.6 Å². The molecule has 0 saturated carbocycles. The van der Waals surface area contributed by atoms with Crippen molar-refractivity contribution in [1.29, 1.82) is 0 Å². The number of benzene rings is 2. The van der Waals surface area contributed by atoms with Gasteiger partial charge >= 0.3 is 0 Å². The molecule has 0 unspecified atom stereocenters. The zero-order chi connectivity index (χ0) is 13.8. The molecule has 0 spiro atoms. The zero-order valence-electron chi connectivity index (χ0n) is 9.77. The van der Waals surface area contributed by atoms with Crippen LogP contribution in [0.15, 0.2) is 48.5 Å². The third kappa shape index (κ3) is 3.37. The molecule has 2 aromatic rings. The Kier molecular flexibility index (Phi) is 4.25. The summed E-state index contributed by atoms with van der Waals surface area (Å²) in [5.41, 5.74) is 2.51. The highest BCUT2D eigenvalue weighted by Gasteiger charge is 2.05. The third-order valence-corrected chi connectivity index (χ3v) is 3.33. The largest absolute Gasteiger partial charge is 0.545 e. The van der Waals surface area contributed by atoms with Crippen molar-refractivity contribution in [1.82, 2.24) is 0 Å². The maximum Gasteiger partial charge on any atom is 0.0643 e. The van der Waals surface area contributed by atoms with Crippen LogP contribution in [0.25, 0.3) is 17.2 Å². The van der Waals surface area contributed by atoms with E-state index in [1.165, 1.54) is 6.08 Å². The van der Waals surface area contributed by atoms with Crippen LogP contribution in [0.5, 0.6) is 0 Å². The van der Waals surface area contributed by atoms with Crippen LogP contribution in [0.1, 0.15) is 5.56 Å². The molecule has 0 radical (unpaired) electrons. The number of hydrogen-bond acceptors (Lipinski definition) is 2. The number of carbonyl (C=O) groups is 1. The summed E-state index contributed by atoms with van der Waals surface area (Å²) in [7, 11) is 0. The summed E-state index contributed by atoms with van der Waals surface area (Å²) in [4.78, 5) is 10.5. The predicted molar refractivity (Wildman–Crippen MR) is 75.9 cm³/mol. The normalized spacial score (nSPS) is 10.8. The number of rotatable bonds is 3. The summed E-state index contributed by atoms with van der Waals surface area (Å²) >= 11 is 11.9. The number of carboxylic acids is 1. The van der Waals surface area contributed by atoms with E-state index in [9.17, 15) is 9.90 Å². The van der Waals surface area contributed by atoms with Gasteiger partial charge in [-0.3, -0.25) is 0 Å². The van der Waals surface area contributed by atoms with E-state index in [1.54, 1.807) is 12.1 Å². The van der Waals surface area contributed by atoms with Gasteiger partial charge in [0.25, 0.3) is 0 Å². The number of carboxylic acid groups (broad SMARTS) is 1. The molecule has 0 amide bonds. The van der Waals surface area contributed by atoms with Gasteiger partial charge in [0.2, 0.25) is 0 Å². The Morgan fingerprint density at radius 1 is 1.05 bits per heavy atom. The summed E-state index contributed by atoms with van der Waals surface area (Å²) < 4.78 is 0. The van der Waals surface area contributed by atoms with Gasteiger partial charge in [0.15, 0.2) is 0 Å². The monoisotopic (exact) mass is 291 g/mol. The lowest BCUT2D eigenvalue weighted by molar-refractivity contribution is -0.297. The molecule has 0 aromatic heterocycles. The summed E-state index contributed by atoms with van der Waals surface area (Å²) in [6.45, 7) is 0. The lowest BCUT2D eigenvalue weighted by Crippen LogP contribution is -2.18. The highest BCUT2D eigenvalue weighted by Crippen LogP contribution is 2.30. The minimum Gasteiger partial charge on any atom is -0.545 e. The SMILES string of the molecule is O=C([O-])/C=C/c1ccccc1-c1ccc(Cl)c(Cl)c1. The smallest absolute Gasteiger partial charge is 0.0643 e. The minimum atomic E-state index is -1.23. The van der Waals surface area contributed by atoms with Crippen LogP contribution in [-0.4, -0.2) is 5.97 Å². The van der Waals surface area contributed by atoms with Gasteiger partial charge in [-0.15, -0.1) is 0 Å². The second kappa shape index (κ2) is 5.91. The van der Waals surface area contributed by atoms with E-state index < -0.39 is 5.97 Å². The summed E-state index contributed by atoms with van der Waals surface area (Å²) in [5.74, 6) is -1.23. The topological polar surface area (TPSA) is 40.1 Å². The van der Waals surface area contributed by atoms with Gasteiger partial charge in [-0.2, -0.15) is 0 Å².